The Bertz CT molecular complexity index is 479. The molecule has 1 aromatic heterocycles. The topological polar surface area (TPSA) is 39.9 Å². The Hall–Kier alpha value is -1.27. The van der Waals surface area contributed by atoms with Crippen molar-refractivity contribution in [3.8, 4) is 6.07 Å². The van der Waals surface area contributed by atoms with Crippen LogP contribution in [0.4, 0.5) is 5.82 Å². The number of piperidine rings is 1. The van der Waals surface area contributed by atoms with Crippen molar-refractivity contribution in [2.24, 2.45) is 5.41 Å². The van der Waals surface area contributed by atoms with Gasteiger partial charge in [0.2, 0.25) is 0 Å². The molecule has 2 heterocycles. The van der Waals surface area contributed by atoms with Crippen LogP contribution in [0.25, 0.3) is 0 Å². The van der Waals surface area contributed by atoms with Gasteiger partial charge < -0.3 is 4.90 Å². The Balaban J connectivity index is 2.17. The lowest BCUT2D eigenvalue weighted by molar-refractivity contribution is 0.199. The van der Waals surface area contributed by atoms with Gasteiger partial charge in [-0.25, -0.2) is 4.98 Å². The molecular formula is C15H20ClN3. The lowest BCUT2D eigenvalue weighted by atomic mass is 9.74. The third-order valence-corrected chi connectivity index (χ3v) is 4.99. The van der Waals surface area contributed by atoms with E-state index in [0.29, 0.717) is 16.0 Å². The summed E-state index contributed by atoms with van der Waals surface area (Å²) in [4.78, 5) is 6.57. The highest BCUT2D eigenvalue weighted by Crippen LogP contribution is 2.40. The van der Waals surface area contributed by atoms with Gasteiger partial charge in [-0.2, -0.15) is 5.26 Å². The summed E-state index contributed by atoms with van der Waals surface area (Å²) in [7, 11) is 0. The summed E-state index contributed by atoms with van der Waals surface area (Å²) in [6, 6.07) is 3.78. The Kier molecular flexibility index (Phi) is 4.31. The maximum atomic E-state index is 9.02. The van der Waals surface area contributed by atoms with Gasteiger partial charge in [0, 0.05) is 19.3 Å². The molecule has 1 fully saturated rings. The molecule has 0 spiro atoms. The number of nitrogens with zero attached hydrogens (tertiary/aromatic N) is 3. The molecule has 1 aromatic rings. The SMILES string of the molecule is CCC1(CC)CCN(c2nccc(C#N)c2Cl)CC1. The van der Waals surface area contributed by atoms with Gasteiger partial charge in [-0.1, -0.05) is 38.3 Å². The molecule has 2 rings (SSSR count). The summed E-state index contributed by atoms with van der Waals surface area (Å²) in [6.07, 6.45) is 6.48. The largest absolute Gasteiger partial charge is 0.355 e. The Morgan fingerprint density at radius 2 is 2.00 bits per heavy atom. The van der Waals surface area contributed by atoms with Crippen molar-refractivity contribution in [1.29, 1.82) is 5.26 Å². The number of aromatic nitrogens is 1. The van der Waals surface area contributed by atoms with Crippen LogP contribution in [0.5, 0.6) is 0 Å². The van der Waals surface area contributed by atoms with Gasteiger partial charge in [0.05, 0.1) is 5.56 Å². The van der Waals surface area contributed by atoms with Crippen molar-refractivity contribution in [2.75, 3.05) is 18.0 Å². The quantitative estimate of drug-likeness (QED) is 0.838. The standard InChI is InChI=1S/C15H20ClN3/c1-3-15(4-2)6-9-19(10-7-15)14-13(16)12(11-17)5-8-18-14/h5,8H,3-4,6-7,9-10H2,1-2H3. The molecule has 0 aromatic carbocycles. The first kappa shape index (κ1) is 14.1. The van der Waals surface area contributed by atoms with Crippen LogP contribution in [-0.4, -0.2) is 18.1 Å². The van der Waals surface area contributed by atoms with Crippen molar-refractivity contribution >= 4 is 17.4 Å². The van der Waals surface area contributed by atoms with E-state index in [1.54, 1.807) is 12.3 Å². The molecular weight excluding hydrogens is 258 g/mol. The molecule has 3 nitrogen and oxygen atoms in total. The van der Waals surface area contributed by atoms with E-state index in [9.17, 15) is 0 Å². The normalized spacial score (nSPS) is 18.1. The molecule has 1 aliphatic heterocycles. The minimum atomic E-state index is 0.482. The van der Waals surface area contributed by atoms with Crippen molar-refractivity contribution in [3.63, 3.8) is 0 Å². The predicted octanol–water partition coefficient (Wildman–Crippen LogP) is 4.01. The molecule has 0 radical (unpaired) electrons. The first-order chi connectivity index (χ1) is 9.15. The Labute approximate surface area is 120 Å². The van der Waals surface area contributed by atoms with E-state index in [0.717, 1.165) is 18.9 Å². The smallest absolute Gasteiger partial charge is 0.148 e. The van der Waals surface area contributed by atoms with E-state index < -0.39 is 0 Å². The van der Waals surface area contributed by atoms with Crippen molar-refractivity contribution in [2.45, 2.75) is 39.5 Å². The van der Waals surface area contributed by atoms with E-state index in [-0.39, 0.29) is 0 Å². The van der Waals surface area contributed by atoms with Crippen LogP contribution in [-0.2, 0) is 0 Å². The zero-order valence-corrected chi connectivity index (χ0v) is 12.4. The number of halogens is 1. The number of hydrogen-bond acceptors (Lipinski definition) is 3. The highest BCUT2D eigenvalue weighted by molar-refractivity contribution is 6.34. The van der Waals surface area contributed by atoms with Gasteiger partial charge in [0.1, 0.15) is 16.9 Å². The number of pyridine rings is 1. The van der Waals surface area contributed by atoms with E-state index in [2.05, 4.69) is 29.8 Å². The highest BCUT2D eigenvalue weighted by Gasteiger charge is 2.32. The molecule has 0 amide bonds. The zero-order valence-electron chi connectivity index (χ0n) is 11.6. The first-order valence-corrected chi connectivity index (χ1v) is 7.33. The second-order valence-corrected chi connectivity index (χ2v) is 5.68. The van der Waals surface area contributed by atoms with Crippen LogP contribution >= 0.6 is 11.6 Å². The summed E-state index contributed by atoms with van der Waals surface area (Å²) < 4.78 is 0. The average molecular weight is 278 g/mol. The maximum Gasteiger partial charge on any atom is 0.148 e. The molecule has 102 valence electrons. The number of rotatable bonds is 3. The van der Waals surface area contributed by atoms with Gasteiger partial charge in [0.25, 0.3) is 0 Å². The number of anilines is 1. The van der Waals surface area contributed by atoms with Crippen molar-refractivity contribution < 1.29 is 0 Å². The van der Waals surface area contributed by atoms with E-state index in [1.165, 1.54) is 25.7 Å². The fourth-order valence-electron chi connectivity index (χ4n) is 2.89. The third kappa shape index (κ3) is 2.69. The van der Waals surface area contributed by atoms with E-state index in [1.807, 2.05) is 0 Å². The van der Waals surface area contributed by atoms with Crippen LogP contribution in [0.2, 0.25) is 5.02 Å². The van der Waals surface area contributed by atoms with Gasteiger partial charge in [-0.05, 0) is 24.3 Å². The van der Waals surface area contributed by atoms with Crippen molar-refractivity contribution in [1.82, 2.24) is 4.98 Å². The molecule has 4 heteroatoms. The second kappa shape index (κ2) is 5.79. The average Bonchev–Trinajstić information content (AvgIpc) is 2.48. The molecule has 0 unspecified atom stereocenters. The second-order valence-electron chi connectivity index (χ2n) is 5.30. The summed E-state index contributed by atoms with van der Waals surface area (Å²) >= 11 is 6.25. The number of hydrogen-bond donors (Lipinski definition) is 0. The predicted molar refractivity (Wildman–Crippen MR) is 78.4 cm³/mol. The van der Waals surface area contributed by atoms with Crippen LogP contribution in [0.1, 0.15) is 45.1 Å². The minimum absolute atomic E-state index is 0.482. The van der Waals surface area contributed by atoms with Gasteiger partial charge >= 0.3 is 0 Å². The zero-order chi connectivity index (χ0) is 13.9. The molecule has 0 N–H and O–H groups in total. The van der Waals surface area contributed by atoms with Crippen LogP contribution in [0.15, 0.2) is 12.3 Å². The lowest BCUT2D eigenvalue weighted by Crippen LogP contribution is -2.40. The number of nitriles is 1. The van der Waals surface area contributed by atoms with Crippen LogP contribution in [0.3, 0.4) is 0 Å². The van der Waals surface area contributed by atoms with Crippen LogP contribution in [0, 0.1) is 16.7 Å². The Morgan fingerprint density at radius 1 is 1.37 bits per heavy atom. The molecule has 0 saturated carbocycles. The molecule has 0 aliphatic carbocycles. The molecule has 19 heavy (non-hydrogen) atoms. The summed E-state index contributed by atoms with van der Waals surface area (Å²) in [6.45, 7) is 6.51. The van der Waals surface area contributed by atoms with Gasteiger partial charge in [0.15, 0.2) is 0 Å². The summed E-state index contributed by atoms with van der Waals surface area (Å²) in [5, 5.41) is 9.51. The van der Waals surface area contributed by atoms with Crippen LogP contribution < -0.4 is 4.90 Å². The fourth-order valence-corrected chi connectivity index (χ4v) is 3.16. The first-order valence-electron chi connectivity index (χ1n) is 6.95. The fraction of sp³-hybridized carbons (Fsp3) is 0.600. The summed E-state index contributed by atoms with van der Waals surface area (Å²) in [5.41, 5.74) is 0.991. The summed E-state index contributed by atoms with van der Waals surface area (Å²) in [5.74, 6) is 0.765. The molecule has 1 saturated heterocycles. The monoisotopic (exact) mass is 277 g/mol. The third-order valence-electron chi connectivity index (χ3n) is 4.61. The van der Waals surface area contributed by atoms with Crippen molar-refractivity contribution in [3.05, 3.63) is 22.8 Å². The Morgan fingerprint density at radius 3 is 2.53 bits per heavy atom. The van der Waals surface area contributed by atoms with Gasteiger partial charge in [-0.3, -0.25) is 0 Å². The van der Waals surface area contributed by atoms with E-state index >= 15 is 0 Å². The molecule has 1 aliphatic rings. The maximum absolute atomic E-state index is 9.02. The molecule has 0 bridgehead atoms. The lowest BCUT2D eigenvalue weighted by Gasteiger charge is -2.41. The van der Waals surface area contributed by atoms with Gasteiger partial charge in [-0.15, -0.1) is 0 Å². The highest BCUT2D eigenvalue weighted by atomic mass is 35.5. The minimum Gasteiger partial charge on any atom is -0.355 e. The van der Waals surface area contributed by atoms with E-state index in [4.69, 9.17) is 16.9 Å². The molecule has 0 atom stereocenters.